The van der Waals surface area contributed by atoms with E-state index in [0.717, 1.165) is 75.3 Å². The van der Waals surface area contributed by atoms with E-state index in [2.05, 4.69) is 65.7 Å². The van der Waals surface area contributed by atoms with Crippen LogP contribution in [0, 0.1) is 44.8 Å². The van der Waals surface area contributed by atoms with Crippen LogP contribution in [0.5, 0.6) is 0 Å². The van der Waals surface area contributed by atoms with Crippen LogP contribution in [-0.2, 0) is 28.0 Å². The van der Waals surface area contributed by atoms with Crippen molar-refractivity contribution in [2.24, 2.45) is 44.8 Å². The van der Waals surface area contributed by atoms with E-state index in [4.69, 9.17) is 15.6 Å². The van der Waals surface area contributed by atoms with Crippen LogP contribution in [0.1, 0.15) is 133 Å². The van der Waals surface area contributed by atoms with Gasteiger partial charge in [0.1, 0.15) is 18.7 Å². The van der Waals surface area contributed by atoms with Gasteiger partial charge in [-0.1, -0.05) is 109 Å². The first kappa shape index (κ1) is 34.4. The number of nitrogens with two attached hydrogens (primary N) is 1. The van der Waals surface area contributed by atoms with Gasteiger partial charge in [-0.05, 0) is 114 Å². The fourth-order valence-electron chi connectivity index (χ4n) is 13.1. The van der Waals surface area contributed by atoms with Gasteiger partial charge in [0.25, 0.3) is 0 Å². The zero-order chi connectivity index (χ0) is 36.2. The van der Waals surface area contributed by atoms with Gasteiger partial charge in [-0.25, -0.2) is 0 Å². The molecule has 0 saturated heterocycles. The first-order chi connectivity index (χ1) is 24.1. The fourth-order valence-corrected chi connectivity index (χ4v) is 13.1. The number of nitrogens with one attached hydrogen (secondary N) is 1. The second-order valence-electron chi connectivity index (χ2n) is 19.2. The maximum atomic E-state index is 14.7. The van der Waals surface area contributed by atoms with E-state index < -0.39 is 5.41 Å². The number of aldehydes is 1. The summed E-state index contributed by atoms with van der Waals surface area (Å²) < 4.78 is 6.34. The Labute approximate surface area is 304 Å². The number of benzene rings is 2. The molecule has 51 heavy (non-hydrogen) atoms. The molecule has 3 unspecified atom stereocenters. The number of aromatic amines is 1. The lowest BCUT2D eigenvalue weighted by Gasteiger charge is -2.71. The number of nitrogen functional groups attached to an aromatic ring is 1. The summed E-state index contributed by atoms with van der Waals surface area (Å²) in [5, 5.41) is 7.96. The summed E-state index contributed by atoms with van der Waals surface area (Å²) in [4.78, 5) is 26.6. The number of rotatable bonds is 5. The maximum absolute atomic E-state index is 14.7. The molecule has 3 aromatic rings. The summed E-state index contributed by atoms with van der Waals surface area (Å²) in [5.74, 6) is 1.65. The van der Waals surface area contributed by atoms with Gasteiger partial charge in [-0.3, -0.25) is 14.7 Å². The zero-order valence-electron chi connectivity index (χ0n) is 31.8. The monoisotopic (exact) mass is 687 g/mol. The fraction of sp³-hybridized carbons (Fsp3) is 0.578. The van der Waals surface area contributed by atoms with Crippen LogP contribution in [0.4, 0.5) is 5.82 Å². The summed E-state index contributed by atoms with van der Waals surface area (Å²) in [5.41, 5.74) is 14.2. The highest BCUT2D eigenvalue weighted by molar-refractivity contribution is 5.82. The highest BCUT2D eigenvalue weighted by Crippen LogP contribution is 2.77. The third-order valence-electron chi connectivity index (χ3n) is 15.9. The Kier molecular flexibility index (Phi) is 7.70. The number of esters is 1. The molecular weight excluding hydrogens is 631 g/mol. The van der Waals surface area contributed by atoms with Gasteiger partial charge in [-0.15, -0.1) is 0 Å². The average Bonchev–Trinajstić information content (AvgIpc) is 3.47. The van der Waals surface area contributed by atoms with Gasteiger partial charge >= 0.3 is 5.97 Å². The number of hydrogen-bond donors (Lipinski definition) is 2. The van der Waals surface area contributed by atoms with Crippen LogP contribution >= 0.6 is 0 Å². The minimum Gasteiger partial charge on any atom is -0.460 e. The summed E-state index contributed by atoms with van der Waals surface area (Å²) in [6.45, 7) is 17.6. The van der Waals surface area contributed by atoms with E-state index in [9.17, 15) is 9.59 Å². The standard InChI is InChI=1S/C45H57N3O3/c1-40(2)19-21-45(39(50)51-27-29-11-9-8-10-12-29)22-20-44(7)36(33(45)25-40)31(30-15-13-28(26-49)14-16-30)23-35-42(5)24-32-37(47-48-38(32)46)41(3,4)34(42)17-18-43(35,44)6/h8-16,26,33-35H,17-25,27H2,1-7H3,(H3,46,47,48)/t33?,34?,35?,42-,43+,44+,45-/m0/s1. The number of carbonyl (C=O) groups is 2. The topological polar surface area (TPSA) is 98.1 Å². The average molecular weight is 688 g/mol. The first-order valence-electron chi connectivity index (χ1n) is 19.4. The molecule has 6 nitrogen and oxygen atoms in total. The first-order valence-corrected chi connectivity index (χ1v) is 19.4. The van der Waals surface area contributed by atoms with E-state index in [1.807, 2.05) is 42.5 Å². The summed E-state index contributed by atoms with van der Waals surface area (Å²) >= 11 is 0. The van der Waals surface area contributed by atoms with Crippen LogP contribution in [-0.4, -0.2) is 22.5 Å². The number of hydrogen-bond acceptors (Lipinski definition) is 5. The van der Waals surface area contributed by atoms with Gasteiger partial charge in [-0.2, -0.15) is 5.10 Å². The molecule has 7 atom stereocenters. The zero-order valence-corrected chi connectivity index (χ0v) is 31.8. The SMILES string of the molecule is CC1(C)CC[C@]2(C(=O)OCc3ccccc3)CC[C@]3(C)C(=C(c4ccc(C=O)cc4)CC4[C@@]5(C)Cc6c(n[nH]c6N)C(C)(C)C5CC[C@]43C)C2C1. The molecule has 3 fully saturated rings. The number of nitrogens with zero attached hydrogens (tertiary/aromatic N) is 1. The molecule has 0 aliphatic heterocycles. The highest BCUT2D eigenvalue weighted by Gasteiger charge is 2.70. The second kappa shape index (κ2) is 11.4. The molecule has 5 aliphatic carbocycles. The number of anilines is 1. The van der Waals surface area contributed by atoms with E-state index in [1.165, 1.54) is 22.3 Å². The largest absolute Gasteiger partial charge is 0.460 e. The van der Waals surface area contributed by atoms with E-state index in [0.29, 0.717) is 29.8 Å². The number of allylic oxidation sites excluding steroid dienone is 2. The number of carbonyl (C=O) groups excluding carboxylic acids is 2. The van der Waals surface area contributed by atoms with Gasteiger partial charge < -0.3 is 10.5 Å². The molecular formula is C45H57N3O3. The Morgan fingerprint density at radius 2 is 1.63 bits per heavy atom. The number of aromatic nitrogens is 2. The van der Waals surface area contributed by atoms with Crippen molar-refractivity contribution in [3.63, 3.8) is 0 Å². The van der Waals surface area contributed by atoms with E-state index in [-0.39, 0.29) is 39.0 Å². The predicted octanol–water partition coefficient (Wildman–Crippen LogP) is 9.89. The van der Waals surface area contributed by atoms with Crippen molar-refractivity contribution in [2.75, 3.05) is 5.73 Å². The normalized spacial score (nSPS) is 36.1. The highest BCUT2D eigenvalue weighted by atomic mass is 16.5. The van der Waals surface area contributed by atoms with E-state index >= 15 is 0 Å². The lowest BCUT2D eigenvalue weighted by Crippen LogP contribution is -2.65. The van der Waals surface area contributed by atoms with E-state index in [1.54, 1.807) is 0 Å². The quantitative estimate of drug-likeness (QED) is 0.206. The van der Waals surface area contributed by atoms with Crippen molar-refractivity contribution in [1.29, 1.82) is 0 Å². The molecule has 270 valence electrons. The van der Waals surface area contributed by atoms with Crippen LogP contribution < -0.4 is 5.73 Å². The Morgan fingerprint density at radius 3 is 2.33 bits per heavy atom. The van der Waals surface area contributed by atoms with Crippen molar-refractivity contribution < 1.29 is 14.3 Å². The molecule has 1 aromatic heterocycles. The Bertz CT molecular complexity index is 1910. The Morgan fingerprint density at radius 1 is 0.922 bits per heavy atom. The van der Waals surface area contributed by atoms with Gasteiger partial charge in [0.15, 0.2) is 0 Å². The molecule has 6 heteroatoms. The van der Waals surface area contributed by atoms with Crippen molar-refractivity contribution in [2.45, 2.75) is 118 Å². The Hall–Kier alpha value is -3.67. The van der Waals surface area contributed by atoms with Crippen molar-refractivity contribution in [3.8, 4) is 0 Å². The molecule has 0 spiro atoms. The van der Waals surface area contributed by atoms with Gasteiger partial charge in [0.05, 0.1) is 11.1 Å². The van der Waals surface area contributed by atoms with Gasteiger partial charge in [0, 0.05) is 16.5 Å². The Balaban J connectivity index is 1.31. The molecule has 3 saturated carbocycles. The third kappa shape index (κ3) is 4.83. The summed E-state index contributed by atoms with van der Waals surface area (Å²) in [6.07, 6.45) is 9.76. The van der Waals surface area contributed by atoms with Crippen LogP contribution in [0.2, 0.25) is 0 Å². The molecule has 1 heterocycles. The smallest absolute Gasteiger partial charge is 0.313 e. The van der Waals surface area contributed by atoms with Crippen LogP contribution in [0.3, 0.4) is 0 Å². The third-order valence-corrected chi connectivity index (χ3v) is 15.9. The number of fused-ring (bicyclic) bond motifs is 8. The second-order valence-corrected chi connectivity index (χ2v) is 19.2. The van der Waals surface area contributed by atoms with Crippen LogP contribution in [0.25, 0.3) is 5.57 Å². The molecule has 8 rings (SSSR count). The molecule has 0 amide bonds. The number of ether oxygens (including phenoxy) is 1. The minimum absolute atomic E-state index is 0.000986. The maximum Gasteiger partial charge on any atom is 0.313 e. The molecule has 5 aliphatic rings. The number of H-pyrrole nitrogens is 1. The molecule has 2 aromatic carbocycles. The minimum atomic E-state index is -0.551. The van der Waals surface area contributed by atoms with Crippen molar-refractivity contribution in [3.05, 3.63) is 88.1 Å². The molecule has 3 N–H and O–H groups in total. The summed E-state index contributed by atoms with van der Waals surface area (Å²) in [7, 11) is 0. The van der Waals surface area contributed by atoms with Gasteiger partial charge in [0.2, 0.25) is 0 Å². The summed E-state index contributed by atoms with van der Waals surface area (Å²) in [6, 6.07) is 18.4. The molecule has 0 radical (unpaired) electrons. The van der Waals surface area contributed by atoms with Crippen molar-refractivity contribution >= 4 is 23.6 Å². The predicted molar refractivity (Wildman–Crippen MR) is 203 cm³/mol. The van der Waals surface area contributed by atoms with Crippen LogP contribution in [0.15, 0.2) is 60.2 Å². The lowest BCUT2D eigenvalue weighted by molar-refractivity contribution is -0.181. The van der Waals surface area contributed by atoms with Crippen molar-refractivity contribution in [1.82, 2.24) is 10.2 Å². The lowest BCUT2D eigenvalue weighted by atomic mass is 9.33. The molecule has 0 bridgehead atoms.